The number of carbonyl (C=O) groups excluding carboxylic acids is 1. The Kier molecular flexibility index (Phi) is 3.30. The topological polar surface area (TPSA) is 72.4 Å². The fourth-order valence-electron chi connectivity index (χ4n) is 2.64. The molecule has 0 aromatic heterocycles. The van der Waals surface area contributed by atoms with Crippen molar-refractivity contribution in [3.05, 3.63) is 29.3 Å². The molecule has 0 bridgehead atoms. The van der Waals surface area contributed by atoms with E-state index < -0.39 is 0 Å². The second-order valence-corrected chi connectivity index (χ2v) is 5.32. The lowest BCUT2D eigenvalue weighted by atomic mass is 9.98. The Bertz CT molecular complexity index is 470. The molecule has 1 heterocycles. The fourth-order valence-corrected chi connectivity index (χ4v) is 2.64. The molecule has 1 aliphatic rings. The molecule has 0 aliphatic carbocycles. The van der Waals surface area contributed by atoms with Gasteiger partial charge in [0.15, 0.2) is 0 Å². The van der Waals surface area contributed by atoms with Crippen LogP contribution in [0.15, 0.2) is 18.2 Å². The molecule has 1 aromatic carbocycles. The maximum Gasteiger partial charge on any atom is 0.225 e. The molecule has 2 atom stereocenters. The molecule has 1 amide bonds. The summed E-state index contributed by atoms with van der Waals surface area (Å²) < 4.78 is 0. The summed E-state index contributed by atoms with van der Waals surface area (Å²) in [5.74, 6) is 0.127. The van der Waals surface area contributed by atoms with Crippen LogP contribution in [0.25, 0.3) is 0 Å². The van der Waals surface area contributed by atoms with Gasteiger partial charge in [-0.1, -0.05) is 12.1 Å². The first-order valence-corrected chi connectivity index (χ1v) is 6.34. The summed E-state index contributed by atoms with van der Waals surface area (Å²) in [5.41, 5.74) is 14.9. The first kappa shape index (κ1) is 12.9. The predicted octanol–water partition coefficient (Wildman–Crippen LogP) is 1.59. The van der Waals surface area contributed by atoms with Crippen molar-refractivity contribution >= 4 is 11.6 Å². The number of rotatable bonds is 2. The lowest BCUT2D eigenvalue weighted by Crippen LogP contribution is -2.37. The van der Waals surface area contributed by atoms with Gasteiger partial charge in [-0.25, -0.2) is 0 Å². The minimum Gasteiger partial charge on any atom is -0.399 e. The first-order valence-electron chi connectivity index (χ1n) is 6.34. The molecule has 4 heteroatoms. The number of nitrogens with two attached hydrogens (primary N) is 2. The minimum absolute atomic E-state index is 0.0552. The van der Waals surface area contributed by atoms with Crippen LogP contribution in [0.4, 0.5) is 5.69 Å². The Labute approximate surface area is 108 Å². The molecule has 1 fully saturated rings. The predicted molar refractivity (Wildman–Crippen MR) is 72.9 cm³/mol. The summed E-state index contributed by atoms with van der Waals surface area (Å²) in [6.45, 7) is 6.00. The number of aryl methyl sites for hydroxylation is 1. The highest BCUT2D eigenvalue weighted by atomic mass is 16.2. The van der Waals surface area contributed by atoms with Gasteiger partial charge in [-0.2, -0.15) is 0 Å². The van der Waals surface area contributed by atoms with Crippen LogP contribution in [-0.2, 0) is 4.79 Å². The summed E-state index contributed by atoms with van der Waals surface area (Å²) in [7, 11) is 0. The molecule has 2 rings (SSSR count). The number of likely N-dealkylation sites (tertiary alicyclic amines) is 1. The number of hydrogen-bond acceptors (Lipinski definition) is 3. The van der Waals surface area contributed by atoms with Crippen molar-refractivity contribution < 1.29 is 4.79 Å². The zero-order valence-corrected chi connectivity index (χ0v) is 11.2. The van der Waals surface area contributed by atoms with Gasteiger partial charge in [0.25, 0.3) is 0 Å². The quantitative estimate of drug-likeness (QED) is 0.779. The van der Waals surface area contributed by atoms with Gasteiger partial charge in [-0.15, -0.1) is 0 Å². The van der Waals surface area contributed by atoms with Gasteiger partial charge in [0.1, 0.15) is 0 Å². The Morgan fingerprint density at radius 2 is 2.06 bits per heavy atom. The summed E-state index contributed by atoms with van der Waals surface area (Å²) >= 11 is 0. The lowest BCUT2D eigenvalue weighted by Gasteiger charge is -2.31. The monoisotopic (exact) mass is 247 g/mol. The third kappa shape index (κ3) is 2.08. The van der Waals surface area contributed by atoms with Crippen molar-refractivity contribution in [2.75, 3.05) is 5.73 Å². The normalized spacial score (nSPS) is 24.1. The number of anilines is 1. The van der Waals surface area contributed by atoms with E-state index in [2.05, 4.69) is 0 Å². The van der Waals surface area contributed by atoms with Gasteiger partial charge in [-0.3, -0.25) is 4.79 Å². The molecule has 0 saturated carbocycles. The molecular formula is C14H21N3O. The van der Waals surface area contributed by atoms with Crippen LogP contribution in [0.3, 0.4) is 0 Å². The molecule has 18 heavy (non-hydrogen) atoms. The number of hydrogen-bond donors (Lipinski definition) is 2. The number of benzene rings is 1. The van der Waals surface area contributed by atoms with E-state index >= 15 is 0 Å². The molecule has 1 aromatic rings. The summed E-state index contributed by atoms with van der Waals surface area (Å²) in [4.78, 5) is 13.8. The SMILES string of the molecule is Cc1ccc([C@H]2[C@H](N)CC(=O)N2C(C)C)cc1N. The van der Waals surface area contributed by atoms with Crippen molar-refractivity contribution in [3.63, 3.8) is 0 Å². The molecule has 0 unspecified atom stereocenters. The third-order valence-electron chi connectivity index (χ3n) is 3.60. The van der Waals surface area contributed by atoms with Gasteiger partial charge in [-0.05, 0) is 38.0 Å². The summed E-state index contributed by atoms with van der Waals surface area (Å²) in [5, 5.41) is 0. The third-order valence-corrected chi connectivity index (χ3v) is 3.60. The molecule has 4 N–H and O–H groups in total. The van der Waals surface area contributed by atoms with E-state index in [1.54, 1.807) is 0 Å². The van der Waals surface area contributed by atoms with Crippen molar-refractivity contribution in [1.82, 2.24) is 4.90 Å². The maximum absolute atomic E-state index is 12.0. The highest BCUT2D eigenvalue weighted by Crippen LogP contribution is 2.34. The Morgan fingerprint density at radius 3 is 2.61 bits per heavy atom. The van der Waals surface area contributed by atoms with E-state index in [4.69, 9.17) is 11.5 Å². The van der Waals surface area contributed by atoms with Crippen molar-refractivity contribution in [1.29, 1.82) is 0 Å². The van der Waals surface area contributed by atoms with E-state index in [1.165, 1.54) is 0 Å². The number of nitrogens with zero attached hydrogens (tertiary/aromatic N) is 1. The average Bonchev–Trinajstić information content (AvgIpc) is 2.57. The van der Waals surface area contributed by atoms with Gasteiger partial charge >= 0.3 is 0 Å². The van der Waals surface area contributed by atoms with Gasteiger partial charge in [0, 0.05) is 24.2 Å². The average molecular weight is 247 g/mol. The van der Waals surface area contributed by atoms with Crippen LogP contribution in [0.5, 0.6) is 0 Å². The molecule has 0 radical (unpaired) electrons. The lowest BCUT2D eigenvalue weighted by molar-refractivity contribution is -0.130. The Hall–Kier alpha value is -1.55. The second kappa shape index (κ2) is 4.61. The highest BCUT2D eigenvalue weighted by molar-refractivity contribution is 5.80. The zero-order chi connectivity index (χ0) is 13.4. The molecule has 1 saturated heterocycles. The Balaban J connectivity index is 2.40. The molecule has 1 aliphatic heterocycles. The zero-order valence-electron chi connectivity index (χ0n) is 11.2. The maximum atomic E-state index is 12.0. The first-order chi connectivity index (χ1) is 8.41. The van der Waals surface area contributed by atoms with E-state index in [0.717, 1.165) is 16.8 Å². The second-order valence-electron chi connectivity index (χ2n) is 5.32. The number of amides is 1. The van der Waals surface area contributed by atoms with E-state index in [1.807, 2.05) is 43.9 Å². The number of nitrogen functional groups attached to an aromatic ring is 1. The standard InChI is InChI=1S/C14H21N3O/c1-8(2)17-13(18)7-12(16)14(17)10-5-4-9(3)11(15)6-10/h4-6,8,12,14H,7,15-16H2,1-3H3/t12-,14+/m1/s1. The van der Waals surface area contributed by atoms with Crippen molar-refractivity contribution in [2.24, 2.45) is 5.73 Å². The molecule has 98 valence electrons. The van der Waals surface area contributed by atoms with Crippen LogP contribution in [0.2, 0.25) is 0 Å². The largest absolute Gasteiger partial charge is 0.399 e. The summed E-state index contributed by atoms with van der Waals surface area (Å²) in [6.07, 6.45) is 0.413. The van der Waals surface area contributed by atoms with E-state index in [0.29, 0.717) is 6.42 Å². The van der Waals surface area contributed by atoms with Crippen LogP contribution >= 0.6 is 0 Å². The highest BCUT2D eigenvalue weighted by Gasteiger charge is 2.39. The Morgan fingerprint density at radius 1 is 1.39 bits per heavy atom. The van der Waals surface area contributed by atoms with E-state index in [-0.39, 0.29) is 24.0 Å². The van der Waals surface area contributed by atoms with Crippen LogP contribution < -0.4 is 11.5 Å². The van der Waals surface area contributed by atoms with Crippen molar-refractivity contribution in [3.8, 4) is 0 Å². The molecule has 0 spiro atoms. The van der Waals surface area contributed by atoms with Crippen LogP contribution in [-0.4, -0.2) is 22.9 Å². The molecule has 4 nitrogen and oxygen atoms in total. The van der Waals surface area contributed by atoms with E-state index in [9.17, 15) is 4.79 Å². The van der Waals surface area contributed by atoms with Crippen LogP contribution in [0.1, 0.15) is 37.4 Å². The van der Waals surface area contributed by atoms with Crippen molar-refractivity contribution in [2.45, 2.75) is 45.3 Å². The number of carbonyl (C=O) groups is 1. The smallest absolute Gasteiger partial charge is 0.225 e. The van der Waals surface area contributed by atoms with Gasteiger partial charge in [0.05, 0.1) is 6.04 Å². The summed E-state index contributed by atoms with van der Waals surface area (Å²) in [6, 6.07) is 5.89. The van der Waals surface area contributed by atoms with Gasteiger partial charge < -0.3 is 16.4 Å². The fraction of sp³-hybridized carbons (Fsp3) is 0.500. The van der Waals surface area contributed by atoms with Crippen LogP contribution in [0, 0.1) is 6.92 Å². The minimum atomic E-state index is -0.151. The van der Waals surface area contributed by atoms with Gasteiger partial charge in [0.2, 0.25) is 5.91 Å². The molecular weight excluding hydrogens is 226 g/mol.